The second-order valence-electron chi connectivity index (χ2n) is 4.36. The number of nitriles is 1. The predicted octanol–water partition coefficient (Wildman–Crippen LogP) is 2.57. The predicted molar refractivity (Wildman–Crippen MR) is 60.2 cm³/mol. The Balaban J connectivity index is 2.31. The van der Waals surface area contributed by atoms with Crippen LogP contribution in [0.15, 0.2) is 30.3 Å². The zero-order valence-electron chi connectivity index (χ0n) is 8.82. The Hall–Kier alpha value is -1.33. The fourth-order valence-corrected chi connectivity index (χ4v) is 2.48. The van der Waals surface area contributed by atoms with Gasteiger partial charge < -0.3 is 5.73 Å². The summed E-state index contributed by atoms with van der Waals surface area (Å²) in [6.45, 7) is 0. The molecule has 2 N–H and O–H groups in total. The largest absolute Gasteiger partial charge is 0.313 e. The minimum atomic E-state index is -0.653. The van der Waals surface area contributed by atoms with E-state index in [1.54, 1.807) is 0 Å². The number of benzene rings is 1. The van der Waals surface area contributed by atoms with Crippen LogP contribution in [0.25, 0.3) is 0 Å². The molecule has 2 nitrogen and oxygen atoms in total. The summed E-state index contributed by atoms with van der Waals surface area (Å²) in [6, 6.07) is 12.5. The van der Waals surface area contributed by atoms with Crippen LogP contribution in [0, 0.1) is 11.3 Å². The molecule has 0 aromatic heterocycles. The van der Waals surface area contributed by atoms with Crippen molar-refractivity contribution in [2.75, 3.05) is 0 Å². The van der Waals surface area contributed by atoms with Crippen molar-refractivity contribution in [2.24, 2.45) is 5.73 Å². The van der Waals surface area contributed by atoms with E-state index < -0.39 is 5.54 Å². The van der Waals surface area contributed by atoms with Crippen LogP contribution in [-0.2, 0) is 0 Å². The lowest BCUT2D eigenvalue weighted by atomic mass is 9.71. The molecule has 1 fully saturated rings. The first-order valence-corrected chi connectivity index (χ1v) is 5.51. The van der Waals surface area contributed by atoms with E-state index in [9.17, 15) is 5.26 Å². The maximum absolute atomic E-state index is 9.21. The van der Waals surface area contributed by atoms with Gasteiger partial charge in [-0.25, -0.2) is 0 Å². The van der Waals surface area contributed by atoms with Crippen LogP contribution in [0.1, 0.15) is 37.2 Å². The summed E-state index contributed by atoms with van der Waals surface area (Å²) >= 11 is 0. The maximum Gasteiger partial charge on any atom is 0.111 e. The van der Waals surface area contributed by atoms with Gasteiger partial charge in [-0.2, -0.15) is 5.26 Å². The van der Waals surface area contributed by atoms with Crippen LogP contribution in [0.4, 0.5) is 0 Å². The minimum Gasteiger partial charge on any atom is -0.313 e. The van der Waals surface area contributed by atoms with E-state index in [0.717, 1.165) is 19.3 Å². The number of nitrogens with zero attached hydrogens (tertiary/aromatic N) is 1. The second kappa shape index (κ2) is 4.04. The van der Waals surface area contributed by atoms with Crippen molar-refractivity contribution in [3.05, 3.63) is 35.9 Å². The molecule has 0 spiro atoms. The highest BCUT2D eigenvalue weighted by Crippen LogP contribution is 2.38. The van der Waals surface area contributed by atoms with Crippen molar-refractivity contribution in [2.45, 2.75) is 37.1 Å². The van der Waals surface area contributed by atoms with Crippen molar-refractivity contribution in [3.63, 3.8) is 0 Å². The summed E-state index contributed by atoms with van der Waals surface area (Å²) in [5.74, 6) is 0.206. The molecule has 2 atom stereocenters. The molecule has 0 radical (unpaired) electrons. The van der Waals surface area contributed by atoms with Gasteiger partial charge in [0.2, 0.25) is 0 Å². The molecule has 0 heterocycles. The summed E-state index contributed by atoms with van der Waals surface area (Å²) in [5, 5.41) is 9.21. The Bertz CT molecular complexity index is 366. The molecule has 0 saturated heterocycles. The third kappa shape index (κ3) is 1.88. The SMILES string of the molecule is N#C[C@]1(N)CCCC[C@H]1c1ccccc1. The van der Waals surface area contributed by atoms with Crippen LogP contribution >= 0.6 is 0 Å². The van der Waals surface area contributed by atoms with E-state index in [1.807, 2.05) is 18.2 Å². The Morgan fingerprint density at radius 2 is 2.00 bits per heavy atom. The number of nitrogens with two attached hydrogens (primary N) is 1. The molecular weight excluding hydrogens is 184 g/mol. The average molecular weight is 200 g/mol. The summed E-state index contributed by atoms with van der Waals surface area (Å²) in [4.78, 5) is 0. The topological polar surface area (TPSA) is 49.8 Å². The number of rotatable bonds is 1. The fraction of sp³-hybridized carbons (Fsp3) is 0.462. The monoisotopic (exact) mass is 200 g/mol. The summed E-state index contributed by atoms with van der Waals surface area (Å²) < 4.78 is 0. The summed E-state index contributed by atoms with van der Waals surface area (Å²) in [6.07, 6.45) is 4.12. The van der Waals surface area contributed by atoms with Crippen LogP contribution in [0.3, 0.4) is 0 Å². The molecule has 78 valence electrons. The first kappa shape index (κ1) is 10.2. The Kier molecular flexibility index (Phi) is 2.75. The molecular formula is C13H16N2. The molecule has 0 unspecified atom stereocenters. The number of hydrogen-bond acceptors (Lipinski definition) is 2. The highest BCUT2D eigenvalue weighted by Gasteiger charge is 2.38. The van der Waals surface area contributed by atoms with Gasteiger partial charge >= 0.3 is 0 Å². The number of hydrogen-bond donors (Lipinski definition) is 1. The molecule has 0 bridgehead atoms. The van der Waals surface area contributed by atoms with Crippen molar-refractivity contribution in [3.8, 4) is 6.07 Å². The quantitative estimate of drug-likeness (QED) is 0.757. The lowest BCUT2D eigenvalue weighted by Crippen LogP contribution is -2.46. The van der Waals surface area contributed by atoms with Gasteiger partial charge in [-0.3, -0.25) is 0 Å². The zero-order valence-corrected chi connectivity index (χ0v) is 8.82. The Labute approximate surface area is 90.7 Å². The molecule has 0 amide bonds. The first-order valence-electron chi connectivity index (χ1n) is 5.51. The normalized spacial score (nSPS) is 30.8. The molecule has 1 aromatic rings. The zero-order chi connectivity index (χ0) is 10.7. The van der Waals surface area contributed by atoms with E-state index >= 15 is 0 Å². The third-order valence-corrected chi connectivity index (χ3v) is 3.37. The second-order valence-corrected chi connectivity index (χ2v) is 4.36. The molecule has 2 rings (SSSR count). The van der Waals surface area contributed by atoms with Crippen LogP contribution in [0.5, 0.6) is 0 Å². The first-order chi connectivity index (χ1) is 7.26. The molecule has 1 saturated carbocycles. The fourth-order valence-electron chi connectivity index (χ4n) is 2.48. The highest BCUT2D eigenvalue weighted by molar-refractivity contribution is 5.29. The molecule has 15 heavy (non-hydrogen) atoms. The lowest BCUT2D eigenvalue weighted by Gasteiger charge is -2.36. The Morgan fingerprint density at radius 3 is 2.67 bits per heavy atom. The van der Waals surface area contributed by atoms with Crippen molar-refractivity contribution in [1.82, 2.24) is 0 Å². The van der Waals surface area contributed by atoms with Gasteiger partial charge in [-0.15, -0.1) is 0 Å². The molecule has 1 aromatic carbocycles. The summed E-state index contributed by atoms with van der Waals surface area (Å²) in [7, 11) is 0. The van der Waals surface area contributed by atoms with Gasteiger partial charge in [0.15, 0.2) is 0 Å². The van der Waals surface area contributed by atoms with Crippen molar-refractivity contribution < 1.29 is 0 Å². The molecule has 1 aliphatic rings. The molecule has 2 heteroatoms. The smallest absolute Gasteiger partial charge is 0.111 e. The van der Waals surface area contributed by atoms with Crippen LogP contribution < -0.4 is 5.73 Å². The third-order valence-electron chi connectivity index (χ3n) is 3.37. The minimum absolute atomic E-state index is 0.206. The van der Waals surface area contributed by atoms with E-state index in [2.05, 4.69) is 18.2 Å². The summed E-state index contributed by atoms with van der Waals surface area (Å²) in [5.41, 5.74) is 6.73. The molecule has 0 aliphatic heterocycles. The van der Waals surface area contributed by atoms with Gasteiger partial charge in [-0.1, -0.05) is 43.2 Å². The standard InChI is InChI=1S/C13H16N2/c14-10-13(15)9-5-4-8-12(13)11-6-2-1-3-7-11/h1-3,6-7,12H,4-5,8-9,15H2/t12-,13+/m0/s1. The van der Waals surface area contributed by atoms with Gasteiger partial charge in [0.1, 0.15) is 5.54 Å². The molecule has 1 aliphatic carbocycles. The van der Waals surface area contributed by atoms with Gasteiger partial charge in [0.05, 0.1) is 6.07 Å². The van der Waals surface area contributed by atoms with E-state index in [0.29, 0.717) is 0 Å². The maximum atomic E-state index is 9.21. The highest BCUT2D eigenvalue weighted by atomic mass is 14.8. The van der Waals surface area contributed by atoms with E-state index in [1.165, 1.54) is 12.0 Å². The van der Waals surface area contributed by atoms with E-state index in [4.69, 9.17) is 5.73 Å². The van der Waals surface area contributed by atoms with Crippen molar-refractivity contribution >= 4 is 0 Å². The van der Waals surface area contributed by atoms with Gasteiger partial charge in [0, 0.05) is 5.92 Å². The van der Waals surface area contributed by atoms with Gasteiger partial charge in [-0.05, 0) is 18.4 Å². The average Bonchev–Trinajstić information content (AvgIpc) is 2.31. The Morgan fingerprint density at radius 1 is 1.27 bits per heavy atom. The van der Waals surface area contributed by atoms with Crippen molar-refractivity contribution in [1.29, 1.82) is 5.26 Å². The van der Waals surface area contributed by atoms with E-state index in [-0.39, 0.29) is 5.92 Å². The van der Waals surface area contributed by atoms with Crippen LogP contribution in [0.2, 0.25) is 0 Å². The lowest BCUT2D eigenvalue weighted by molar-refractivity contribution is 0.315. The van der Waals surface area contributed by atoms with Crippen LogP contribution in [-0.4, -0.2) is 5.54 Å². The van der Waals surface area contributed by atoms with Gasteiger partial charge in [0.25, 0.3) is 0 Å².